The molecule has 0 aliphatic carbocycles. The first-order chi connectivity index (χ1) is 17.7. The Bertz CT molecular complexity index is 1630. The molecule has 36 heavy (non-hydrogen) atoms. The first kappa shape index (κ1) is 21.7. The largest absolute Gasteiger partial charge is 0.355 e. The van der Waals surface area contributed by atoms with E-state index in [4.69, 9.17) is 9.97 Å². The monoisotopic (exact) mass is 467 g/mol. The fourth-order valence-electron chi connectivity index (χ4n) is 4.46. The molecule has 0 unspecified atom stereocenters. The lowest BCUT2D eigenvalue weighted by atomic mass is 10.2. The summed E-state index contributed by atoms with van der Waals surface area (Å²) in [5.41, 5.74) is 9.26. The van der Waals surface area contributed by atoms with Crippen molar-refractivity contribution in [2.75, 3.05) is 0 Å². The van der Waals surface area contributed by atoms with Gasteiger partial charge in [0, 0.05) is 40.2 Å². The van der Waals surface area contributed by atoms with Crippen LogP contribution in [0.3, 0.4) is 0 Å². The van der Waals surface area contributed by atoms with E-state index in [1.165, 1.54) is 5.39 Å². The molecule has 1 aromatic carbocycles. The number of aromatic nitrogens is 5. The Morgan fingerprint density at radius 1 is 0.639 bits per heavy atom. The molecule has 2 aliphatic rings. The molecule has 2 aliphatic heterocycles. The number of aryl methyl sites for hydroxylation is 1. The van der Waals surface area contributed by atoms with E-state index in [1.54, 1.807) is 0 Å². The van der Waals surface area contributed by atoms with Gasteiger partial charge in [-0.1, -0.05) is 24.3 Å². The summed E-state index contributed by atoms with van der Waals surface area (Å²) in [6.45, 7) is 3.05. The number of pyridine rings is 1. The second-order valence-corrected chi connectivity index (χ2v) is 8.66. The summed E-state index contributed by atoms with van der Waals surface area (Å²) >= 11 is 0. The lowest BCUT2D eigenvalue weighted by molar-refractivity contribution is 0.825. The van der Waals surface area contributed by atoms with Crippen molar-refractivity contribution in [1.82, 2.24) is 24.5 Å². The van der Waals surface area contributed by atoms with Crippen LogP contribution in [0.5, 0.6) is 0 Å². The zero-order chi connectivity index (χ0) is 24.3. The molecule has 0 saturated heterocycles. The van der Waals surface area contributed by atoms with E-state index in [-0.39, 0.29) is 0 Å². The molecular weight excluding hydrogens is 442 g/mol. The van der Waals surface area contributed by atoms with Crippen LogP contribution in [0.1, 0.15) is 29.7 Å². The second-order valence-electron chi connectivity index (χ2n) is 8.66. The van der Waals surface area contributed by atoms with Crippen LogP contribution >= 0.6 is 0 Å². The zero-order valence-corrected chi connectivity index (χ0v) is 20.0. The lowest BCUT2D eigenvalue weighted by Gasteiger charge is -2.01. The van der Waals surface area contributed by atoms with E-state index in [9.17, 15) is 0 Å². The van der Waals surface area contributed by atoms with Gasteiger partial charge in [-0.15, -0.1) is 0 Å². The van der Waals surface area contributed by atoms with E-state index < -0.39 is 0 Å². The maximum Gasteiger partial charge on any atom is 0.0701 e. The third-order valence-corrected chi connectivity index (χ3v) is 6.17. The van der Waals surface area contributed by atoms with Crippen LogP contribution in [0.15, 0.2) is 91.1 Å². The number of nitrogens with zero attached hydrogens (tertiary/aromatic N) is 4. The van der Waals surface area contributed by atoms with E-state index in [1.807, 2.05) is 42.6 Å². The highest BCUT2D eigenvalue weighted by molar-refractivity contribution is 5.78. The van der Waals surface area contributed by atoms with Gasteiger partial charge in [-0.3, -0.25) is 4.98 Å². The Balaban J connectivity index is 0.000000200. The summed E-state index contributed by atoms with van der Waals surface area (Å²) in [6.07, 6.45) is 10.0. The molecule has 1 N–H and O–H groups in total. The molecule has 8 bridgehead atoms. The van der Waals surface area contributed by atoms with Gasteiger partial charge in [-0.05, 0) is 91.9 Å². The average Bonchev–Trinajstić information content (AvgIpc) is 3.70. The van der Waals surface area contributed by atoms with Gasteiger partial charge in [0.15, 0.2) is 0 Å². The number of para-hydroxylation sites is 1. The van der Waals surface area contributed by atoms with Gasteiger partial charge in [0.05, 0.1) is 28.3 Å². The number of benzene rings is 1. The van der Waals surface area contributed by atoms with Crippen molar-refractivity contribution in [3.8, 4) is 0 Å². The Kier molecular flexibility index (Phi) is 5.72. The van der Waals surface area contributed by atoms with Gasteiger partial charge < -0.3 is 9.55 Å². The maximum absolute atomic E-state index is 4.72. The average molecular weight is 468 g/mol. The Morgan fingerprint density at radius 2 is 1.19 bits per heavy atom. The molecule has 5 aromatic rings. The van der Waals surface area contributed by atoms with E-state index >= 15 is 0 Å². The molecule has 0 amide bonds. The molecule has 0 saturated carbocycles. The topological polar surface area (TPSA) is 59.4 Å². The summed E-state index contributed by atoms with van der Waals surface area (Å²) in [4.78, 5) is 17.0. The maximum atomic E-state index is 4.72. The number of aromatic amines is 1. The van der Waals surface area contributed by atoms with Crippen molar-refractivity contribution in [2.45, 2.75) is 13.5 Å². The third kappa shape index (κ3) is 4.59. The fraction of sp³-hybridized carbons (Fsp3) is 0.0645. The van der Waals surface area contributed by atoms with Crippen molar-refractivity contribution in [3.63, 3.8) is 0 Å². The minimum Gasteiger partial charge on any atom is -0.355 e. The first-order valence-corrected chi connectivity index (χ1v) is 12.1. The first-order valence-electron chi connectivity index (χ1n) is 12.1. The van der Waals surface area contributed by atoms with Gasteiger partial charge in [0.25, 0.3) is 0 Å². The van der Waals surface area contributed by atoms with E-state index in [2.05, 4.69) is 94.3 Å². The molecule has 7 rings (SSSR count). The van der Waals surface area contributed by atoms with Crippen molar-refractivity contribution in [3.05, 3.63) is 114 Å². The van der Waals surface area contributed by atoms with Crippen LogP contribution in [-0.2, 0) is 6.54 Å². The number of hydrogen-bond acceptors (Lipinski definition) is 3. The highest BCUT2D eigenvalue weighted by atomic mass is 15.0. The molecule has 5 heteroatoms. The van der Waals surface area contributed by atoms with Crippen molar-refractivity contribution in [1.29, 1.82) is 0 Å². The normalized spacial score (nSPS) is 11.9. The highest BCUT2D eigenvalue weighted by Crippen LogP contribution is 2.19. The Hall–Kier alpha value is -4.77. The highest BCUT2D eigenvalue weighted by Gasteiger charge is 2.03. The SMILES string of the molecule is CCn1c2ccc1cc1nc(cc3ccc(cc4nc(c2)C=C4)[nH]3)C=C1.c1ccc2ncccc2c1. The van der Waals surface area contributed by atoms with Crippen LogP contribution in [0, 0.1) is 0 Å². The molecular formula is C31H25N5. The minimum absolute atomic E-state index is 0.897. The van der Waals surface area contributed by atoms with E-state index in [0.29, 0.717) is 0 Å². The van der Waals surface area contributed by atoms with E-state index in [0.717, 1.165) is 56.9 Å². The molecule has 0 fully saturated rings. The third-order valence-electron chi connectivity index (χ3n) is 6.17. The molecule has 0 radical (unpaired) electrons. The number of nitrogens with one attached hydrogen (secondary N) is 1. The summed E-state index contributed by atoms with van der Waals surface area (Å²) in [5.74, 6) is 0. The zero-order valence-electron chi connectivity index (χ0n) is 20.0. The number of H-pyrrole nitrogens is 1. The Morgan fingerprint density at radius 3 is 1.78 bits per heavy atom. The van der Waals surface area contributed by atoms with Gasteiger partial charge in [0.1, 0.15) is 0 Å². The smallest absolute Gasteiger partial charge is 0.0701 e. The molecule has 0 atom stereocenters. The summed E-state index contributed by atoms with van der Waals surface area (Å²) in [5, 5.41) is 1.20. The minimum atomic E-state index is 0.897. The number of hydrogen-bond donors (Lipinski definition) is 1. The van der Waals surface area contributed by atoms with Crippen molar-refractivity contribution in [2.24, 2.45) is 0 Å². The summed E-state index contributed by atoms with van der Waals surface area (Å²) < 4.78 is 2.28. The predicted molar refractivity (Wildman–Crippen MR) is 150 cm³/mol. The quantitative estimate of drug-likeness (QED) is 0.274. The van der Waals surface area contributed by atoms with Gasteiger partial charge >= 0.3 is 0 Å². The fourth-order valence-corrected chi connectivity index (χ4v) is 4.46. The predicted octanol–water partition coefficient (Wildman–Crippen LogP) is 7.38. The second kappa shape index (κ2) is 9.47. The lowest BCUT2D eigenvalue weighted by Crippen LogP contribution is -1.92. The number of fused-ring (bicyclic) bond motifs is 9. The molecule has 5 nitrogen and oxygen atoms in total. The molecule has 0 spiro atoms. The van der Waals surface area contributed by atoms with Crippen molar-refractivity contribution >= 4 is 57.3 Å². The summed E-state index contributed by atoms with van der Waals surface area (Å²) in [6, 6.07) is 28.9. The molecule has 4 aromatic heterocycles. The van der Waals surface area contributed by atoms with Crippen LogP contribution in [0.25, 0.3) is 57.3 Å². The van der Waals surface area contributed by atoms with Gasteiger partial charge in [-0.2, -0.15) is 0 Å². The van der Waals surface area contributed by atoms with Crippen molar-refractivity contribution < 1.29 is 0 Å². The van der Waals surface area contributed by atoms with Crippen LogP contribution < -0.4 is 0 Å². The molecule has 6 heterocycles. The van der Waals surface area contributed by atoms with Gasteiger partial charge in [-0.25, -0.2) is 9.97 Å². The number of rotatable bonds is 1. The van der Waals surface area contributed by atoms with Gasteiger partial charge in [0.2, 0.25) is 0 Å². The van der Waals surface area contributed by atoms with Crippen LogP contribution in [0.2, 0.25) is 0 Å². The standard InChI is InChI=1S/C22H18N4.C9H7N/c1-2-26-21-9-10-22(26)14-20-8-6-18(25-20)12-16-4-3-15(23-16)11-17-5-7-19(13-21)24-17;1-2-6-9-8(4-1)5-3-7-10-9/h3-14,23H,2H2,1H3;1-7H. The Labute approximate surface area is 209 Å². The molecule has 174 valence electrons. The summed E-state index contributed by atoms with van der Waals surface area (Å²) in [7, 11) is 0. The van der Waals surface area contributed by atoms with Crippen LogP contribution in [-0.4, -0.2) is 24.5 Å². The van der Waals surface area contributed by atoms with Crippen LogP contribution in [0.4, 0.5) is 0 Å².